The molecule has 0 radical (unpaired) electrons. The first-order valence-electron chi connectivity index (χ1n) is 9.02. The van der Waals surface area contributed by atoms with Gasteiger partial charge in [-0.3, -0.25) is 5.10 Å². The number of anilines is 1. The molecule has 1 aromatic heterocycles. The first kappa shape index (κ1) is 17.3. The number of hydrogen-bond acceptors (Lipinski definition) is 3. The van der Waals surface area contributed by atoms with Crippen molar-refractivity contribution < 1.29 is 4.79 Å². The third-order valence-electron chi connectivity index (χ3n) is 4.49. The quantitative estimate of drug-likeness (QED) is 0.777. The Morgan fingerprint density at radius 1 is 1.40 bits per heavy atom. The Balaban J connectivity index is 1.61. The van der Waals surface area contributed by atoms with E-state index in [0.29, 0.717) is 12.6 Å². The highest BCUT2D eigenvalue weighted by Gasteiger charge is 2.28. The number of carbonyl (C=O) groups excluding carboxylic acids is 1. The summed E-state index contributed by atoms with van der Waals surface area (Å²) in [7, 11) is 0. The van der Waals surface area contributed by atoms with Crippen molar-refractivity contribution in [3.8, 4) is 0 Å². The summed E-state index contributed by atoms with van der Waals surface area (Å²) in [5, 5.41) is 13.3. The molecule has 2 amide bonds. The van der Waals surface area contributed by atoms with E-state index in [4.69, 9.17) is 0 Å². The van der Waals surface area contributed by atoms with Gasteiger partial charge in [0.15, 0.2) is 0 Å². The van der Waals surface area contributed by atoms with E-state index in [1.54, 1.807) is 0 Å². The Kier molecular flexibility index (Phi) is 5.58. The predicted molar refractivity (Wildman–Crippen MR) is 99.3 cm³/mol. The maximum atomic E-state index is 12.7. The Morgan fingerprint density at radius 3 is 3.04 bits per heavy atom. The fourth-order valence-corrected chi connectivity index (χ4v) is 3.35. The molecule has 0 bridgehead atoms. The fourth-order valence-electron chi connectivity index (χ4n) is 3.35. The molecule has 1 saturated heterocycles. The predicted octanol–water partition coefficient (Wildman–Crippen LogP) is 3.67. The zero-order valence-electron chi connectivity index (χ0n) is 15.0. The molecule has 134 valence electrons. The molecule has 1 aliphatic heterocycles. The summed E-state index contributed by atoms with van der Waals surface area (Å²) >= 11 is 0. The monoisotopic (exact) mass is 341 g/mol. The van der Waals surface area contributed by atoms with Crippen LogP contribution >= 0.6 is 0 Å². The van der Waals surface area contributed by atoms with Gasteiger partial charge >= 0.3 is 6.03 Å². The average Bonchev–Trinajstić information content (AvgIpc) is 3.14. The van der Waals surface area contributed by atoms with Gasteiger partial charge in [0.05, 0.1) is 12.2 Å². The number of urea groups is 1. The van der Waals surface area contributed by atoms with E-state index in [2.05, 4.69) is 40.7 Å². The number of likely N-dealkylation sites (tertiary alicyclic amines) is 1. The summed E-state index contributed by atoms with van der Waals surface area (Å²) in [5.74, 6) is 0. The van der Waals surface area contributed by atoms with E-state index in [-0.39, 0.29) is 12.1 Å². The average molecular weight is 341 g/mol. The smallest absolute Gasteiger partial charge is 0.318 e. The maximum Gasteiger partial charge on any atom is 0.318 e. The molecular weight excluding hydrogens is 314 g/mol. The second-order valence-electron chi connectivity index (χ2n) is 6.89. The van der Waals surface area contributed by atoms with E-state index >= 15 is 0 Å². The molecule has 0 spiro atoms. The van der Waals surface area contributed by atoms with Crippen molar-refractivity contribution in [1.29, 1.82) is 0 Å². The Hall–Kier alpha value is -2.50. The van der Waals surface area contributed by atoms with Crippen LogP contribution in [0.15, 0.2) is 36.7 Å². The number of benzene rings is 1. The molecule has 25 heavy (non-hydrogen) atoms. The third-order valence-corrected chi connectivity index (χ3v) is 4.49. The Bertz CT molecular complexity index is 683. The highest BCUT2D eigenvalue weighted by molar-refractivity contribution is 5.75. The second kappa shape index (κ2) is 8.05. The van der Waals surface area contributed by atoms with Crippen LogP contribution in [-0.2, 0) is 6.54 Å². The SMILES string of the molecule is CC(C)Nc1cccc(CNC(=O)N2CCCCC2c2cn[nH]c2)c1. The number of amides is 2. The lowest BCUT2D eigenvalue weighted by molar-refractivity contribution is 0.151. The molecule has 0 saturated carbocycles. The van der Waals surface area contributed by atoms with Gasteiger partial charge in [0.25, 0.3) is 0 Å². The van der Waals surface area contributed by atoms with Crippen LogP contribution < -0.4 is 10.6 Å². The standard InChI is InChI=1S/C19H27N5O/c1-14(2)23-17-7-5-6-15(10-17)11-20-19(25)24-9-4-3-8-18(24)16-12-21-22-13-16/h5-7,10,12-14,18,23H,3-4,8-9,11H2,1-2H3,(H,20,25)(H,21,22). The van der Waals surface area contributed by atoms with Gasteiger partial charge in [-0.2, -0.15) is 5.10 Å². The number of H-pyrrole nitrogens is 1. The van der Waals surface area contributed by atoms with Crippen molar-refractivity contribution in [2.75, 3.05) is 11.9 Å². The van der Waals surface area contributed by atoms with Gasteiger partial charge < -0.3 is 15.5 Å². The van der Waals surface area contributed by atoms with E-state index in [9.17, 15) is 4.79 Å². The molecule has 1 fully saturated rings. The molecule has 1 atom stereocenters. The number of nitrogens with zero attached hydrogens (tertiary/aromatic N) is 2. The Morgan fingerprint density at radius 2 is 2.28 bits per heavy atom. The van der Waals surface area contributed by atoms with Crippen molar-refractivity contribution in [2.45, 2.75) is 51.7 Å². The van der Waals surface area contributed by atoms with Crippen LogP contribution in [0, 0.1) is 0 Å². The van der Waals surface area contributed by atoms with Crippen molar-refractivity contribution in [3.63, 3.8) is 0 Å². The van der Waals surface area contributed by atoms with Gasteiger partial charge in [-0.15, -0.1) is 0 Å². The molecule has 0 aliphatic carbocycles. The molecule has 6 nitrogen and oxygen atoms in total. The maximum absolute atomic E-state index is 12.7. The zero-order valence-corrected chi connectivity index (χ0v) is 15.0. The molecule has 1 unspecified atom stereocenters. The van der Waals surface area contributed by atoms with Crippen LogP contribution in [0.1, 0.15) is 50.3 Å². The molecule has 6 heteroatoms. The largest absolute Gasteiger partial charge is 0.383 e. The topological polar surface area (TPSA) is 73.0 Å². The molecule has 3 rings (SSSR count). The number of hydrogen-bond donors (Lipinski definition) is 3. The molecule has 2 heterocycles. The summed E-state index contributed by atoms with van der Waals surface area (Å²) in [4.78, 5) is 14.6. The lowest BCUT2D eigenvalue weighted by atomic mass is 9.98. The zero-order chi connectivity index (χ0) is 17.6. The minimum Gasteiger partial charge on any atom is -0.383 e. The molecule has 3 N–H and O–H groups in total. The molecule has 2 aromatic rings. The number of carbonyl (C=O) groups is 1. The van der Waals surface area contributed by atoms with E-state index < -0.39 is 0 Å². The highest BCUT2D eigenvalue weighted by atomic mass is 16.2. The van der Waals surface area contributed by atoms with Crippen LogP contribution in [0.5, 0.6) is 0 Å². The van der Waals surface area contributed by atoms with Crippen LogP contribution in [-0.4, -0.2) is 33.7 Å². The van der Waals surface area contributed by atoms with E-state index in [1.165, 1.54) is 0 Å². The number of nitrogens with one attached hydrogen (secondary N) is 3. The molecule has 1 aliphatic rings. The van der Waals surface area contributed by atoms with Crippen LogP contribution in [0.4, 0.5) is 10.5 Å². The molecule has 1 aromatic carbocycles. The van der Waals surface area contributed by atoms with Gasteiger partial charge in [-0.25, -0.2) is 4.79 Å². The lowest BCUT2D eigenvalue weighted by Gasteiger charge is -2.35. The summed E-state index contributed by atoms with van der Waals surface area (Å²) in [5.41, 5.74) is 3.25. The van der Waals surface area contributed by atoms with Crippen molar-refractivity contribution in [2.24, 2.45) is 0 Å². The van der Waals surface area contributed by atoms with Crippen LogP contribution in [0.2, 0.25) is 0 Å². The minimum absolute atomic E-state index is 0.00637. The number of aromatic amines is 1. The normalized spacial score (nSPS) is 17.6. The Labute approximate surface area is 149 Å². The summed E-state index contributed by atoms with van der Waals surface area (Å²) < 4.78 is 0. The van der Waals surface area contributed by atoms with E-state index in [0.717, 1.165) is 42.6 Å². The minimum atomic E-state index is -0.00637. The summed E-state index contributed by atoms with van der Waals surface area (Å²) in [6.45, 7) is 5.54. The number of aromatic nitrogens is 2. The van der Waals surface area contributed by atoms with Crippen molar-refractivity contribution in [3.05, 3.63) is 47.8 Å². The van der Waals surface area contributed by atoms with E-state index in [1.807, 2.05) is 35.5 Å². The van der Waals surface area contributed by atoms with Crippen LogP contribution in [0.3, 0.4) is 0 Å². The molecular formula is C19H27N5O. The van der Waals surface area contributed by atoms with Gasteiger partial charge in [-0.1, -0.05) is 12.1 Å². The summed E-state index contributed by atoms with van der Waals surface area (Å²) in [6.07, 6.45) is 6.88. The fraction of sp³-hybridized carbons (Fsp3) is 0.474. The van der Waals surface area contributed by atoms with Crippen molar-refractivity contribution >= 4 is 11.7 Å². The number of rotatable bonds is 5. The van der Waals surface area contributed by atoms with Gasteiger partial charge in [0.1, 0.15) is 0 Å². The first-order chi connectivity index (χ1) is 12.1. The summed E-state index contributed by atoms with van der Waals surface area (Å²) in [6, 6.07) is 8.68. The second-order valence-corrected chi connectivity index (χ2v) is 6.89. The van der Waals surface area contributed by atoms with Crippen molar-refractivity contribution in [1.82, 2.24) is 20.4 Å². The van der Waals surface area contributed by atoms with Crippen LogP contribution in [0.25, 0.3) is 0 Å². The number of piperidine rings is 1. The highest BCUT2D eigenvalue weighted by Crippen LogP contribution is 2.30. The van der Waals surface area contributed by atoms with Gasteiger partial charge in [0, 0.05) is 36.6 Å². The van der Waals surface area contributed by atoms with Gasteiger partial charge in [0.2, 0.25) is 0 Å². The van der Waals surface area contributed by atoms with Gasteiger partial charge in [-0.05, 0) is 50.8 Å². The first-order valence-corrected chi connectivity index (χ1v) is 9.02. The third kappa shape index (κ3) is 4.53. The lowest BCUT2D eigenvalue weighted by Crippen LogP contribution is -2.44.